The van der Waals surface area contributed by atoms with Crippen molar-refractivity contribution in [2.24, 2.45) is 5.92 Å². The highest BCUT2D eigenvalue weighted by molar-refractivity contribution is 5.78. The topological polar surface area (TPSA) is 36.5 Å². The number of hydrogen-bond donors (Lipinski definition) is 0. The lowest BCUT2D eigenvalue weighted by atomic mass is 9.98. The Morgan fingerprint density at radius 1 is 0.447 bits per heavy atom. The van der Waals surface area contributed by atoms with Gasteiger partial charge in [0.1, 0.15) is 0 Å². The Bertz CT molecular complexity index is 696. The van der Waals surface area contributed by atoms with Crippen LogP contribution in [0.3, 0.4) is 0 Å². The molecule has 5 rings (SSSR count). The van der Waals surface area contributed by atoms with Gasteiger partial charge in [0.25, 0.3) is 0 Å². The molecular formula is C40H84N6O. The summed E-state index contributed by atoms with van der Waals surface area (Å²) in [5.41, 5.74) is 0. The van der Waals surface area contributed by atoms with Crippen LogP contribution >= 0.6 is 0 Å². The molecule has 0 aliphatic carbocycles. The number of likely N-dealkylation sites (N-methyl/N-ethyl adjacent to an activating group) is 1. The third kappa shape index (κ3) is 19.9. The molecule has 7 nitrogen and oxygen atoms in total. The van der Waals surface area contributed by atoms with Crippen LogP contribution in [0, 0.1) is 5.92 Å². The van der Waals surface area contributed by atoms with Gasteiger partial charge in [0.15, 0.2) is 0 Å². The van der Waals surface area contributed by atoms with Crippen molar-refractivity contribution in [1.29, 1.82) is 0 Å². The summed E-state index contributed by atoms with van der Waals surface area (Å²) in [6.07, 6.45) is 13.2. The lowest BCUT2D eigenvalue weighted by molar-refractivity contribution is -0.129. The Kier molecular flexibility index (Phi) is 23.8. The van der Waals surface area contributed by atoms with Crippen molar-refractivity contribution in [2.75, 3.05) is 79.0 Å². The minimum absolute atomic E-state index is 0.324. The van der Waals surface area contributed by atoms with E-state index >= 15 is 0 Å². The Morgan fingerprint density at radius 2 is 0.809 bits per heavy atom. The highest BCUT2D eigenvalue weighted by Gasteiger charge is 2.22. The van der Waals surface area contributed by atoms with Crippen LogP contribution in [0.4, 0.5) is 0 Å². The Hall–Kier alpha value is -0.730. The van der Waals surface area contributed by atoms with Gasteiger partial charge in [-0.3, -0.25) is 9.69 Å². The number of carbonyl (C=O) groups is 1. The van der Waals surface area contributed by atoms with Gasteiger partial charge in [-0.1, -0.05) is 19.8 Å². The lowest BCUT2D eigenvalue weighted by Crippen LogP contribution is -2.47. The van der Waals surface area contributed by atoms with Crippen molar-refractivity contribution in [3.8, 4) is 0 Å². The van der Waals surface area contributed by atoms with Crippen LogP contribution in [0.15, 0.2) is 0 Å². The maximum atomic E-state index is 10.9. The molecule has 7 heteroatoms. The van der Waals surface area contributed by atoms with Crippen LogP contribution in [0.2, 0.25) is 0 Å². The molecule has 0 N–H and O–H groups in total. The molecular weight excluding hydrogens is 580 g/mol. The van der Waals surface area contributed by atoms with Gasteiger partial charge >= 0.3 is 0 Å². The van der Waals surface area contributed by atoms with E-state index in [1.807, 2.05) is 4.90 Å². The summed E-state index contributed by atoms with van der Waals surface area (Å²) in [4.78, 5) is 25.5. The average molecular weight is 665 g/mol. The second-order valence-corrected chi connectivity index (χ2v) is 16.4. The van der Waals surface area contributed by atoms with E-state index in [-0.39, 0.29) is 0 Å². The van der Waals surface area contributed by atoms with Gasteiger partial charge in [-0.25, -0.2) is 0 Å². The standard InChI is InChI=1S/C9H19N.C8H18N2.2C8H17N.C7H13NO/c2*1-8(2)10-6-4-9(3)5-7-10;2*1-8(2)9-6-4-3-5-7-9;1-6(2)8-5-3-4-7(8)9/h8-9H,4-7H2,1-3H3;8H,4-7H2,1-3H3;2*8H,3-7H2,1-2H3;6H,3-5H2,1-2H3. The number of piperazine rings is 1. The average Bonchev–Trinajstić information content (AvgIpc) is 3.50. The zero-order valence-corrected chi connectivity index (χ0v) is 33.9. The molecule has 0 aromatic carbocycles. The summed E-state index contributed by atoms with van der Waals surface area (Å²) >= 11 is 0. The van der Waals surface area contributed by atoms with Crippen molar-refractivity contribution >= 4 is 5.91 Å². The fourth-order valence-corrected chi connectivity index (χ4v) is 6.97. The summed E-state index contributed by atoms with van der Waals surface area (Å²) in [7, 11) is 2.19. The van der Waals surface area contributed by atoms with Crippen molar-refractivity contribution in [1.82, 2.24) is 29.4 Å². The molecule has 0 aromatic heterocycles. The summed E-state index contributed by atoms with van der Waals surface area (Å²) in [6.45, 7) is 38.6. The Morgan fingerprint density at radius 3 is 1.09 bits per heavy atom. The summed E-state index contributed by atoms with van der Waals surface area (Å²) in [6, 6.07) is 3.43. The van der Waals surface area contributed by atoms with Crippen molar-refractivity contribution < 1.29 is 4.79 Å². The summed E-state index contributed by atoms with van der Waals surface area (Å²) < 4.78 is 0. The fraction of sp³-hybridized carbons (Fsp3) is 0.975. The zero-order chi connectivity index (χ0) is 35.4. The molecule has 0 aromatic rings. The van der Waals surface area contributed by atoms with E-state index in [9.17, 15) is 4.79 Å². The molecule has 5 saturated heterocycles. The zero-order valence-electron chi connectivity index (χ0n) is 33.9. The predicted octanol–water partition coefficient (Wildman–Crippen LogP) is 7.55. The van der Waals surface area contributed by atoms with Crippen LogP contribution in [-0.4, -0.2) is 145 Å². The number of piperidine rings is 3. The van der Waals surface area contributed by atoms with Gasteiger partial charge in [0.2, 0.25) is 5.91 Å². The molecule has 0 saturated carbocycles. The van der Waals surface area contributed by atoms with Gasteiger partial charge in [-0.05, 0) is 166 Å². The van der Waals surface area contributed by atoms with E-state index in [4.69, 9.17) is 0 Å². The van der Waals surface area contributed by atoms with Crippen LogP contribution < -0.4 is 0 Å². The Balaban J connectivity index is 0.000000294. The van der Waals surface area contributed by atoms with Crippen molar-refractivity contribution in [2.45, 2.75) is 171 Å². The van der Waals surface area contributed by atoms with Crippen molar-refractivity contribution in [3.63, 3.8) is 0 Å². The van der Waals surface area contributed by atoms with Gasteiger partial charge in [-0.2, -0.15) is 0 Å². The predicted molar refractivity (Wildman–Crippen MR) is 207 cm³/mol. The Labute approximate surface area is 295 Å². The largest absolute Gasteiger partial charge is 0.340 e. The fourth-order valence-electron chi connectivity index (χ4n) is 6.97. The number of carbonyl (C=O) groups excluding carboxylic acids is 1. The molecule has 1 amide bonds. The molecule has 0 unspecified atom stereocenters. The van der Waals surface area contributed by atoms with Gasteiger partial charge in [-0.15, -0.1) is 0 Å². The first kappa shape index (κ1) is 44.3. The third-order valence-electron chi connectivity index (χ3n) is 10.8. The molecule has 47 heavy (non-hydrogen) atoms. The molecule has 0 bridgehead atoms. The van der Waals surface area contributed by atoms with Crippen molar-refractivity contribution in [3.05, 3.63) is 0 Å². The van der Waals surface area contributed by atoms with E-state index in [2.05, 4.69) is 108 Å². The molecule has 0 radical (unpaired) electrons. The number of rotatable bonds is 5. The molecule has 0 spiro atoms. The second kappa shape index (κ2) is 25.3. The quantitative estimate of drug-likeness (QED) is 0.302. The maximum Gasteiger partial charge on any atom is 0.222 e. The molecule has 0 atom stereocenters. The highest BCUT2D eigenvalue weighted by atomic mass is 16.2. The van der Waals surface area contributed by atoms with E-state index in [0.717, 1.165) is 49.5 Å². The van der Waals surface area contributed by atoms with E-state index in [0.29, 0.717) is 11.9 Å². The smallest absolute Gasteiger partial charge is 0.222 e. The first-order valence-corrected chi connectivity index (χ1v) is 20.2. The minimum Gasteiger partial charge on any atom is -0.340 e. The maximum absolute atomic E-state index is 10.9. The molecule has 5 fully saturated rings. The van der Waals surface area contributed by atoms with E-state index in [1.54, 1.807) is 0 Å². The number of nitrogens with zero attached hydrogens (tertiary/aromatic N) is 6. The second-order valence-electron chi connectivity index (χ2n) is 16.4. The first-order chi connectivity index (χ1) is 22.2. The van der Waals surface area contributed by atoms with Gasteiger partial charge < -0.3 is 24.5 Å². The number of amides is 1. The molecule has 5 aliphatic heterocycles. The number of hydrogen-bond acceptors (Lipinski definition) is 6. The molecule has 280 valence electrons. The van der Waals surface area contributed by atoms with Crippen LogP contribution in [0.1, 0.15) is 140 Å². The van der Waals surface area contributed by atoms with Gasteiger partial charge in [0.05, 0.1) is 0 Å². The van der Waals surface area contributed by atoms with E-state index < -0.39 is 0 Å². The molecule has 5 heterocycles. The molecule has 5 aliphatic rings. The van der Waals surface area contributed by atoms with Crippen LogP contribution in [0.25, 0.3) is 0 Å². The monoisotopic (exact) mass is 665 g/mol. The first-order valence-electron chi connectivity index (χ1n) is 20.2. The highest BCUT2D eigenvalue weighted by Crippen LogP contribution is 2.17. The summed E-state index contributed by atoms with van der Waals surface area (Å²) in [5.74, 6) is 1.29. The number of likely N-dealkylation sites (tertiary alicyclic amines) is 4. The SMILES string of the molecule is CC(C)N1CCCC1=O.CC(C)N1CCCCC1.CC(C)N1CCCCC1.CC(C)N1CCN(C)CC1.CC1CCN(C(C)C)CC1. The summed E-state index contributed by atoms with van der Waals surface area (Å²) in [5, 5.41) is 0. The third-order valence-corrected chi connectivity index (χ3v) is 10.8. The van der Waals surface area contributed by atoms with Crippen LogP contribution in [-0.2, 0) is 4.79 Å². The lowest BCUT2D eigenvalue weighted by Gasteiger charge is -2.34. The minimum atomic E-state index is 0.324. The normalized spacial score (nSPS) is 22.8. The van der Waals surface area contributed by atoms with Gasteiger partial charge in [0, 0.05) is 69.4 Å². The van der Waals surface area contributed by atoms with Crippen LogP contribution in [0.5, 0.6) is 0 Å². The van der Waals surface area contributed by atoms with E-state index in [1.165, 1.54) is 117 Å².